The first-order valence-corrected chi connectivity index (χ1v) is 11.0. The van der Waals surface area contributed by atoms with Gasteiger partial charge in [-0.25, -0.2) is 0 Å². The third-order valence-electron chi connectivity index (χ3n) is 5.52. The van der Waals surface area contributed by atoms with Crippen LogP contribution >= 0.6 is 11.6 Å². The van der Waals surface area contributed by atoms with Crippen molar-refractivity contribution in [3.05, 3.63) is 104 Å². The highest BCUT2D eigenvalue weighted by Crippen LogP contribution is 2.41. The van der Waals surface area contributed by atoms with Gasteiger partial charge in [-0.05, 0) is 42.3 Å². The number of rotatable bonds is 7. The van der Waals surface area contributed by atoms with Crippen molar-refractivity contribution in [2.24, 2.45) is 0 Å². The summed E-state index contributed by atoms with van der Waals surface area (Å²) in [6, 6.07) is 12.5. The van der Waals surface area contributed by atoms with E-state index in [2.05, 4.69) is 4.98 Å². The van der Waals surface area contributed by atoms with Crippen LogP contribution in [-0.4, -0.2) is 38.2 Å². The average molecular weight is 494 g/mol. The summed E-state index contributed by atoms with van der Waals surface area (Å²) in [4.78, 5) is 42.4. The molecule has 35 heavy (non-hydrogen) atoms. The monoisotopic (exact) mass is 493 g/mol. The minimum absolute atomic E-state index is 0.00653. The van der Waals surface area contributed by atoms with Crippen LogP contribution < -0.4 is 4.74 Å². The zero-order valence-corrected chi connectivity index (χ0v) is 19.3. The van der Waals surface area contributed by atoms with Crippen LogP contribution in [0.2, 0.25) is 5.02 Å². The molecule has 1 atom stereocenters. The Morgan fingerprint density at radius 1 is 1.20 bits per heavy atom. The van der Waals surface area contributed by atoms with Gasteiger partial charge in [-0.3, -0.25) is 24.7 Å². The fraction of sp³-hybridized carbons (Fsp3) is 0.160. The van der Waals surface area contributed by atoms with E-state index >= 15 is 0 Å². The van der Waals surface area contributed by atoms with E-state index in [1.807, 2.05) is 0 Å². The molecule has 2 aromatic carbocycles. The van der Waals surface area contributed by atoms with Gasteiger partial charge >= 0.3 is 0 Å². The number of ketones is 1. The van der Waals surface area contributed by atoms with Crippen molar-refractivity contribution in [2.45, 2.75) is 19.5 Å². The molecule has 1 aromatic heterocycles. The van der Waals surface area contributed by atoms with Crippen LogP contribution in [0.5, 0.6) is 5.75 Å². The van der Waals surface area contributed by atoms with Crippen LogP contribution in [0.1, 0.15) is 29.7 Å². The van der Waals surface area contributed by atoms with E-state index in [0.29, 0.717) is 23.5 Å². The van der Waals surface area contributed by atoms with Gasteiger partial charge in [0, 0.05) is 36.6 Å². The molecule has 4 rings (SSSR count). The first-order chi connectivity index (χ1) is 16.8. The van der Waals surface area contributed by atoms with Gasteiger partial charge in [0.1, 0.15) is 11.5 Å². The largest absolute Gasteiger partial charge is 0.507 e. The molecule has 9 nitrogen and oxygen atoms in total. The first kappa shape index (κ1) is 23.9. The molecule has 2 heterocycles. The summed E-state index contributed by atoms with van der Waals surface area (Å²) >= 11 is 6.27. The van der Waals surface area contributed by atoms with Crippen LogP contribution in [0.3, 0.4) is 0 Å². The molecule has 1 aliphatic heterocycles. The number of benzene rings is 2. The van der Waals surface area contributed by atoms with E-state index < -0.39 is 28.4 Å². The number of nitro groups is 1. The number of likely N-dealkylation sites (tertiary alicyclic amines) is 1. The van der Waals surface area contributed by atoms with E-state index in [1.54, 1.807) is 43.6 Å². The first-order valence-electron chi connectivity index (χ1n) is 10.7. The third kappa shape index (κ3) is 4.71. The number of aliphatic hydroxyl groups excluding tert-OH is 1. The topological polar surface area (TPSA) is 123 Å². The summed E-state index contributed by atoms with van der Waals surface area (Å²) in [6.45, 7) is 2.19. The molecule has 0 radical (unpaired) electrons. The molecule has 178 valence electrons. The molecule has 1 fully saturated rings. The second kappa shape index (κ2) is 9.94. The molecule has 3 aromatic rings. The summed E-state index contributed by atoms with van der Waals surface area (Å²) in [5, 5.41) is 22.8. The number of ether oxygens (including phenoxy) is 1. The zero-order chi connectivity index (χ0) is 25.1. The Labute approximate surface area is 205 Å². The summed E-state index contributed by atoms with van der Waals surface area (Å²) in [5.74, 6) is -1.80. The SMILES string of the molecule is CCOc1ccc(/C(O)=C2/C(=O)C(=O)N(Cc3cccnc3)C2c2cccc([N+](=O)[O-])c2)cc1Cl. The minimum atomic E-state index is -1.07. The number of amides is 1. The number of carbonyl (C=O) groups is 2. The maximum absolute atomic E-state index is 13.2. The van der Waals surface area contributed by atoms with Crippen molar-refractivity contribution in [1.29, 1.82) is 0 Å². The molecule has 1 N–H and O–H groups in total. The molecular formula is C25H20ClN3O6. The van der Waals surface area contributed by atoms with Gasteiger partial charge < -0.3 is 14.7 Å². The van der Waals surface area contributed by atoms with Crippen molar-refractivity contribution < 1.29 is 24.4 Å². The standard InChI is InChI=1S/C25H20ClN3O6/c1-2-35-20-9-8-17(12-19(20)26)23(30)21-22(16-6-3-7-18(11-16)29(33)34)28(25(32)24(21)31)14-15-5-4-10-27-13-15/h3-13,22,30H,2,14H2,1H3/b23-21-. The predicted octanol–water partition coefficient (Wildman–Crippen LogP) is 4.66. The molecule has 0 bridgehead atoms. The van der Waals surface area contributed by atoms with Crippen LogP contribution in [-0.2, 0) is 16.1 Å². The molecule has 0 spiro atoms. The average Bonchev–Trinajstić information content (AvgIpc) is 3.10. The van der Waals surface area contributed by atoms with Crippen LogP contribution in [0.25, 0.3) is 5.76 Å². The third-order valence-corrected chi connectivity index (χ3v) is 5.81. The lowest BCUT2D eigenvalue weighted by molar-refractivity contribution is -0.384. The lowest BCUT2D eigenvalue weighted by Gasteiger charge is -2.25. The van der Waals surface area contributed by atoms with Gasteiger partial charge in [-0.2, -0.15) is 0 Å². The number of aromatic nitrogens is 1. The highest BCUT2D eigenvalue weighted by molar-refractivity contribution is 6.46. The fourth-order valence-electron chi connectivity index (χ4n) is 3.96. The highest BCUT2D eigenvalue weighted by Gasteiger charge is 2.46. The minimum Gasteiger partial charge on any atom is -0.507 e. The Balaban J connectivity index is 1.87. The number of non-ortho nitro benzene ring substituents is 1. The van der Waals surface area contributed by atoms with Gasteiger partial charge in [-0.1, -0.05) is 29.8 Å². The van der Waals surface area contributed by atoms with Crippen molar-refractivity contribution >= 4 is 34.7 Å². The van der Waals surface area contributed by atoms with Gasteiger partial charge in [0.25, 0.3) is 17.4 Å². The molecule has 1 unspecified atom stereocenters. The van der Waals surface area contributed by atoms with E-state index in [-0.39, 0.29) is 28.4 Å². The summed E-state index contributed by atoms with van der Waals surface area (Å²) in [7, 11) is 0. The lowest BCUT2D eigenvalue weighted by Crippen LogP contribution is -2.29. The quantitative estimate of drug-likeness (QED) is 0.167. The van der Waals surface area contributed by atoms with Gasteiger partial charge in [-0.15, -0.1) is 0 Å². The summed E-state index contributed by atoms with van der Waals surface area (Å²) in [6.07, 6.45) is 3.13. The number of nitrogens with zero attached hydrogens (tertiary/aromatic N) is 3. The highest BCUT2D eigenvalue weighted by atomic mass is 35.5. The number of hydrogen-bond acceptors (Lipinski definition) is 7. The molecular weight excluding hydrogens is 474 g/mol. The van der Waals surface area contributed by atoms with Crippen LogP contribution in [0.4, 0.5) is 5.69 Å². The maximum atomic E-state index is 13.2. The fourth-order valence-corrected chi connectivity index (χ4v) is 4.20. The van der Waals surface area contributed by atoms with E-state index in [1.165, 1.54) is 35.2 Å². The van der Waals surface area contributed by atoms with Crippen molar-refractivity contribution in [3.8, 4) is 5.75 Å². The Hall–Kier alpha value is -4.24. The number of hydrogen-bond donors (Lipinski definition) is 1. The number of carbonyl (C=O) groups excluding carboxylic acids is 2. The molecule has 1 saturated heterocycles. The molecule has 0 aliphatic carbocycles. The van der Waals surface area contributed by atoms with E-state index in [9.17, 15) is 24.8 Å². The summed E-state index contributed by atoms with van der Waals surface area (Å²) in [5.41, 5.74) is 0.751. The van der Waals surface area contributed by atoms with Gasteiger partial charge in [0.15, 0.2) is 0 Å². The Bertz CT molecular complexity index is 1340. The number of pyridine rings is 1. The lowest BCUT2D eigenvalue weighted by atomic mass is 9.95. The Morgan fingerprint density at radius 2 is 2.00 bits per heavy atom. The van der Waals surface area contributed by atoms with Crippen molar-refractivity contribution in [3.63, 3.8) is 0 Å². The molecule has 1 aliphatic rings. The van der Waals surface area contributed by atoms with Crippen molar-refractivity contribution in [2.75, 3.05) is 6.61 Å². The smallest absolute Gasteiger partial charge is 0.295 e. The molecule has 0 saturated carbocycles. The van der Waals surface area contributed by atoms with Crippen LogP contribution in [0, 0.1) is 10.1 Å². The maximum Gasteiger partial charge on any atom is 0.295 e. The van der Waals surface area contributed by atoms with E-state index in [0.717, 1.165) is 0 Å². The van der Waals surface area contributed by atoms with Gasteiger partial charge in [0.05, 0.1) is 28.2 Å². The zero-order valence-electron chi connectivity index (χ0n) is 18.6. The Morgan fingerprint density at radius 3 is 2.66 bits per heavy atom. The Kier molecular flexibility index (Phi) is 6.79. The van der Waals surface area contributed by atoms with E-state index in [4.69, 9.17) is 16.3 Å². The summed E-state index contributed by atoms with van der Waals surface area (Å²) < 4.78 is 5.42. The molecule has 1 amide bonds. The number of aliphatic hydroxyl groups is 1. The molecule has 10 heteroatoms. The predicted molar refractivity (Wildman–Crippen MR) is 128 cm³/mol. The number of Topliss-reactive ketones (excluding diaryl/α,β-unsaturated/α-hetero) is 1. The second-order valence-corrected chi connectivity index (χ2v) is 8.13. The van der Waals surface area contributed by atoms with Gasteiger partial charge in [0.2, 0.25) is 0 Å². The second-order valence-electron chi connectivity index (χ2n) is 7.72. The van der Waals surface area contributed by atoms with Crippen molar-refractivity contribution in [1.82, 2.24) is 9.88 Å². The normalized spacial score (nSPS) is 17.0. The number of nitro benzene ring substituents is 1. The van der Waals surface area contributed by atoms with Crippen LogP contribution in [0.15, 0.2) is 72.6 Å². The number of halogens is 1.